The molecule has 2 atom stereocenters. The van der Waals surface area contributed by atoms with Gasteiger partial charge in [-0.15, -0.1) is 0 Å². The minimum absolute atomic E-state index is 0.319. The topological polar surface area (TPSA) is 37.8 Å². The minimum atomic E-state index is 0.319. The third-order valence-electron chi connectivity index (χ3n) is 4.09. The summed E-state index contributed by atoms with van der Waals surface area (Å²) in [5, 5.41) is 3.57. The van der Waals surface area contributed by atoms with Crippen molar-refractivity contribution in [3.05, 3.63) is 59.2 Å². The molecule has 3 heteroatoms. The van der Waals surface area contributed by atoms with Gasteiger partial charge in [0, 0.05) is 6.20 Å². The lowest BCUT2D eigenvalue weighted by Crippen LogP contribution is -2.28. The number of hydrogen-bond acceptors (Lipinski definition) is 3. The maximum absolute atomic E-state index is 4.59. The van der Waals surface area contributed by atoms with Gasteiger partial charge in [0.25, 0.3) is 0 Å². The highest BCUT2D eigenvalue weighted by atomic mass is 15.0. The molecular weight excluding hydrogens is 246 g/mol. The van der Waals surface area contributed by atoms with Gasteiger partial charge in [-0.3, -0.25) is 0 Å². The summed E-state index contributed by atoms with van der Waals surface area (Å²) in [6.07, 6.45) is 4.17. The highest BCUT2D eigenvalue weighted by Crippen LogP contribution is 2.40. The van der Waals surface area contributed by atoms with Crippen LogP contribution in [0.1, 0.15) is 47.9 Å². The van der Waals surface area contributed by atoms with Gasteiger partial charge in [-0.25, -0.2) is 9.97 Å². The van der Waals surface area contributed by atoms with E-state index < -0.39 is 0 Å². The number of nitrogens with one attached hydrogen (secondary N) is 1. The van der Waals surface area contributed by atoms with Gasteiger partial charge in [0.2, 0.25) is 0 Å². The lowest BCUT2D eigenvalue weighted by molar-refractivity contribution is 0.428. The second-order valence-electron chi connectivity index (χ2n) is 5.47. The monoisotopic (exact) mass is 267 g/mol. The molecule has 1 aromatic carbocycles. The van der Waals surface area contributed by atoms with Crippen LogP contribution in [-0.2, 0) is 6.42 Å². The first-order valence-electron chi connectivity index (χ1n) is 7.38. The van der Waals surface area contributed by atoms with Gasteiger partial charge in [0.1, 0.15) is 5.82 Å². The van der Waals surface area contributed by atoms with Crippen LogP contribution in [0.4, 0.5) is 0 Å². The Bertz CT molecular complexity index is 594. The summed E-state index contributed by atoms with van der Waals surface area (Å²) in [4.78, 5) is 8.78. The van der Waals surface area contributed by atoms with Crippen molar-refractivity contribution in [2.75, 3.05) is 6.54 Å². The summed E-state index contributed by atoms with van der Waals surface area (Å²) >= 11 is 0. The number of fused-ring (bicyclic) bond motifs is 1. The summed E-state index contributed by atoms with van der Waals surface area (Å²) in [7, 11) is 0. The maximum Gasteiger partial charge on any atom is 0.125 e. The predicted molar refractivity (Wildman–Crippen MR) is 80.7 cm³/mol. The van der Waals surface area contributed by atoms with Crippen molar-refractivity contribution in [3.8, 4) is 0 Å². The molecular formula is C17H21N3. The Hall–Kier alpha value is -1.74. The van der Waals surface area contributed by atoms with E-state index in [4.69, 9.17) is 0 Å². The molecule has 0 amide bonds. The lowest BCUT2D eigenvalue weighted by Gasteiger charge is -2.33. The molecule has 104 valence electrons. The van der Waals surface area contributed by atoms with Crippen molar-refractivity contribution in [2.45, 2.75) is 38.6 Å². The summed E-state index contributed by atoms with van der Waals surface area (Å²) in [5.74, 6) is 1.50. The molecule has 0 saturated carbocycles. The zero-order valence-electron chi connectivity index (χ0n) is 12.1. The molecule has 1 N–H and O–H groups in total. The van der Waals surface area contributed by atoms with Crippen LogP contribution in [0.25, 0.3) is 0 Å². The molecule has 1 aliphatic carbocycles. The molecule has 0 aliphatic heterocycles. The highest BCUT2D eigenvalue weighted by molar-refractivity contribution is 5.40. The molecule has 2 aromatic rings. The van der Waals surface area contributed by atoms with E-state index in [1.807, 2.05) is 19.2 Å². The van der Waals surface area contributed by atoms with Crippen LogP contribution < -0.4 is 5.32 Å². The van der Waals surface area contributed by atoms with E-state index in [1.165, 1.54) is 17.5 Å². The van der Waals surface area contributed by atoms with Crippen LogP contribution in [0, 0.1) is 6.92 Å². The number of benzene rings is 1. The molecule has 3 rings (SSSR count). The number of nitrogens with zero attached hydrogens (tertiary/aromatic N) is 2. The largest absolute Gasteiger partial charge is 0.309 e. The Morgan fingerprint density at radius 1 is 1.30 bits per heavy atom. The van der Waals surface area contributed by atoms with E-state index in [1.54, 1.807) is 0 Å². The van der Waals surface area contributed by atoms with Gasteiger partial charge in [0.05, 0.1) is 11.7 Å². The van der Waals surface area contributed by atoms with Gasteiger partial charge in [-0.05, 0) is 49.4 Å². The number of hydrogen-bond donors (Lipinski definition) is 1. The van der Waals surface area contributed by atoms with Crippen molar-refractivity contribution in [2.24, 2.45) is 0 Å². The summed E-state index contributed by atoms with van der Waals surface area (Å²) in [5.41, 5.74) is 4.14. The fraction of sp³-hybridized carbons (Fsp3) is 0.412. The molecule has 2 unspecified atom stereocenters. The Labute approximate surface area is 120 Å². The molecule has 0 fully saturated rings. The number of aryl methyl sites for hydroxylation is 1. The van der Waals surface area contributed by atoms with Gasteiger partial charge in [-0.2, -0.15) is 0 Å². The van der Waals surface area contributed by atoms with Crippen LogP contribution >= 0.6 is 0 Å². The van der Waals surface area contributed by atoms with E-state index >= 15 is 0 Å². The smallest absolute Gasteiger partial charge is 0.125 e. The third-order valence-corrected chi connectivity index (χ3v) is 4.09. The van der Waals surface area contributed by atoms with Gasteiger partial charge in [-0.1, -0.05) is 31.2 Å². The zero-order chi connectivity index (χ0) is 13.9. The molecule has 0 bridgehead atoms. The summed E-state index contributed by atoms with van der Waals surface area (Å²) in [6.45, 7) is 5.06. The van der Waals surface area contributed by atoms with Crippen molar-refractivity contribution in [1.82, 2.24) is 15.3 Å². The second kappa shape index (κ2) is 5.71. The molecule has 3 nitrogen and oxygen atoms in total. The van der Waals surface area contributed by atoms with E-state index in [0.29, 0.717) is 12.0 Å². The van der Waals surface area contributed by atoms with Gasteiger partial charge < -0.3 is 5.32 Å². The number of rotatable bonds is 5. The molecule has 1 heterocycles. The Morgan fingerprint density at radius 3 is 2.90 bits per heavy atom. The summed E-state index contributed by atoms with van der Waals surface area (Å²) in [6, 6.07) is 11.1. The Balaban J connectivity index is 1.76. The molecule has 20 heavy (non-hydrogen) atoms. The summed E-state index contributed by atoms with van der Waals surface area (Å²) < 4.78 is 0. The average molecular weight is 267 g/mol. The quantitative estimate of drug-likeness (QED) is 0.904. The zero-order valence-corrected chi connectivity index (χ0v) is 12.1. The SMILES string of the molecule is CCNC(CC1Cc2ccccc21)c1ccnc(C)n1. The van der Waals surface area contributed by atoms with Crippen LogP contribution in [-0.4, -0.2) is 16.5 Å². The first-order valence-corrected chi connectivity index (χ1v) is 7.38. The normalized spacial score (nSPS) is 18.2. The molecule has 0 radical (unpaired) electrons. The van der Waals surface area contributed by atoms with Crippen molar-refractivity contribution in [1.29, 1.82) is 0 Å². The van der Waals surface area contributed by atoms with Crippen LogP contribution in [0.5, 0.6) is 0 Å². The molecule has 0 saturated heterocycles. The fourth-order valence-corrected chi connectivity index (χ4v) is 3.08. The first kappa shape index (κ1) is 13.3. The fourth-order valence-electron chi connectivity index (χ4n) is 3.08. The van der Waals surface area contributed by atoms with Crippen molar-refractivity contribution < 1.29 is 0 Å². The standard InChI is InChI=1S/C17H21N3/c1-3-18-17(16-8-9-19-12(2)20-16)11-14-10-13-6-4-5-7-15(13)14/h4-9,14,17-18H,3,10-11H2,1-2H3. The van der Waals surface area contributed by atoms with Crippen LogP contribution in [0.3, 0.4) is 0 Å². The van der Waals surface area contributed by atoms with E-state index in [-0.39, 0.29) is 0 Å². The average Bonchev–Trinajstić information content (AvgIpc) is 2.43. The lowest BCUT2D eigenvalue weighted by atomic mass is 9.74. The first-order chi connectivity index (χ1) is 9.78. The Kier molecular flexibility index (Phi) is 3.79. The minimum Gasteiger partial charge on any atom is -0.309 e. The van der Waals surface area contributed by atoms with Crippen molar-refractivity contribution >= 4 is 0 Å². The molecule has 1 aliphatic rings. The highest BCUT2D eigenvalue weighted by Gasteiger charge is 2.28. The van der Waals surface area contributed by atoms with Gasteiger partial charge >= 0.3 is 0 Å². The third kappa shape index (κ3) is 2.59. The second-order valence-corrected chi connectivity index (χ2v) is 5.47. The van der Waals surface area contributed by atoms with Crippen LogP contribution in [0.15, 0.2) is 36.5 Å². The van der Waals surface area contributed by atoms with E-state index in [0.717, 1.165) is 24.5 Å². The molecule has 0 spiro atoms. The van der Waals surface area contributed by atoms with E-state index in [9.17, 15) is 0 Å². The van der Waals surface area contributed by atoms with Crippen molar-refractivity contribution in [3.63, 3.8) is 0 Å². The van der Waals surface area contributed by atoms with E-state index in [2.05, 4.69) is 46.5 Å². The maximum atomic E-state index is 4.59. The van der Waals surface area contributed by atoms with Gasteiger partial charge in [0.15, 0.2) is 0 Å². The number of aromatic nitrogens is 2. The predicted octanol–water partition coefficient (Wildman–Crippen LogP) is 3.17. The van der Waals surface area contributed by atoms with Crippen LogP contribution in [0.2, 0.25) is 0 Å². The Morgan fingerprint density at radius 2 is 2.15 bits per heavy atom. The molecule has 1 aromatic heterocycles.